The number of hydrogen-bond donors (Lipinski definition) is 1. The van der Waals surface area contributed by atoms with Crippen LogP contribution in [0.2, 0.25) is 0 Å². The molecule has 3 rings (SSSR count). The lowest BCUT2D eigenvalue weighted by molar-refractivity contribution is -0.122. The van der Waals surface area contributed by atoms with Crippen molar-refractivity contribution in [3.8, 4) is 5.75 Å². The van der Waals surface area contributed by atoms with Crippen molar-refractivity contribution >= 4 is 27.3 Å². The summed E-state index contributed by atoms with van der Waals surface area (Å²) >= 11 is 0. The van der Waals surface area contributed by atoms with E-state index in [2.05, 4.69) is 5.32 Å². The van der Waals surface area contributed by atoms with Crippen LogP contribution in [0.5, 0.6) is 5.75 Å². The zero-order valence-electron chi connectivity index (χ0n) is 13.4. The number of ether oxygens (including phenoxy) is 1. The molecule has 0 saturated carbocycles. The number of anilines is 2. The van der Waals surface area contributed by atoms with Crippen LogP contribution in [0, 0.1) is 6.92 Å². The molecule has 1 aliphatic heterocycles. The first-order valence-corrected chi connectivity index (χ1v) is 9.30. The molecule has 1 atom stereocenters. The molecule has 0 bridgehead atoms. The van der Waals surface area contributed by atoms with Gasteiger partial charge in [0.05, 0.1) is 18.5 Å². The number of carbonyl (C=O) groups excluding carboxylic acids is 1. The van der Waals surface area contributed by atoms with Gasteiger partial charge in [0.15, 0.2) is 6.10 Å². The molecule has 0 radical (unpaired) electrons. The first kappa shape index (κ1) is 16.3. The van der Waals surface area contributed by atoms with Crippen LogP contribution in [0.1, 0.15) is 5.56 Å². The molecule has 1 N–H and O–H groups in total. The van der Waals surface area contributed by atoms with Crippen molar-refractivity contribution in [2.24, 2.45) is 0 Å². The highest BCUT2D eigenvalue weighted by atomic mass is 32.2. The van der Waals surface area contributed by atoms with Crippen molar-refractivity contribution in [1.29, 1.82) is 0 Å². The molecule has 0 unspecified atom stereocenters. The smallest absolute Gasteiger partial charge is 0.267 e. The normalized spacial score (nSPS) is 16.9. The monoisotopic (exact) mass is 346 g/mol. The Morgan fingerprint density at radius 3 is 2.58 bits per heavy atom. The van der Waals surface area contributed by atoms with E-state index in [9.17, 15) is 13.2 Å². The summed E-state index contributed by atoms with van der Waals surface area (Å²) in [5.74, 6) is -0.00781. The fraction of sp³-hybridized carbons (Fsp3) is 0.235. The van der Waals surface area contributed by atoms with E-state index in [4.69, 9.17) is 4.74 Å². The summed E-state index contributed by atoms with van der Waals surface area (Å²) in [6.45, 7) is 1.81. The number of sulfonamides is 1. The number of aryl methyl sites for hydroxylation is 1. The Balaban J connectivity index is 1.89. The number of hydrogen-bond acceptors (Lipinski definition) is 4. The average molecular weight is 346 g/mol. The molecule has 1 aliphatic rings. The first-order chi connectivity index (χ1) is 11.3. The molecular formula is C17H18N2O4S. The van der Waals surface area contributed by atoms with Gasteiger partial charge in [-0.05, 0) is 36.8 Å². The molecule has 1 heterocycles. The maximum absolute atomic E-state index is 12.5. The van der Waals surface area contributed by atoms with Crippen molar-refractivity contribution in [2.45, 2.75) is 13.0 Å². The quantitative estimate of drug-likeness (QED) is 0.924. The fourth-order valence-corrected chi connectivity index (χ4v) is 3.46. The zero-order chi connectivity index (χ0) is 17.3. The number of carbonyl (C=O) groups is 1. The second kappa shape index (κ2) is 6.16. The number of amides is 1. The molecule has 24 heavy (non-hydrogen) atoms. The maximum atomic E-state index is 12.5. The van der Waals surface area contributed by atoms with Crippen molar-refractivity contribution in [3.63, 3.8) is 0 Å². The third kappa shape index (κ3) is 3.35. The van der Waals surface area contributed by atoms with Gasteiger partial charge in [0, 0.05) is 5.69 Å². The van der Waals surface area contributed by atoms with Crippen LogP contribution < -0.4 is 14.4 Å². The molecule has 1 amide bonds. The minimum absolute atomic E-state index is 0.0616. The molecule has 0 saturated heterocycles. The van der Waals surface area contributed by atoms with E-state index in [-0.39, 0.29) is 12.5 Å². The van der Waals surface area contributed by atoms with Crippen LogP contribution in [-0.2, 0) is 14.8 Å². The lowest BCUT2D eigenvalue weighted by atomic mass is 10.1. The molecule has 0 spiro atoms. The van der Waals surface area contributed by atoms with Crippen LogP contribution >= 0.6 is 0 Å². The van der Waals surface area contributed by atoms with Gasteiger partial charge in [-0.1, -0.05) is 24.3 Å². The van der Waals surface area contributed by atoms with Gasteiger partial charge in [0.1, 0.15) is 5.75 Å². The summed E-state index contributed by atoms with van der Waals surface area (Å²) < 4.78 is 31.2. The number of para-hydroxylation sites is 1. The minimum Gasteiger partial charge on any atom is -0.476 e. The Morgan fingerprint density at radius 2 is 1.92 bits per heavy atom. The Hall–Kier alpha value is -2.54. The van der Waals surface area contributed by atoms with E-state index in [0.29, 0.717) is 17.1 Å². The second-order valence-electron chi connectivity index (χ2n) is 5.73. The van der Waals surface area contributed by atoms with Crippen molar-refractivity contribution in [3.05, 3.63) is 54.1 Å². The third-order valence-electron chi connectivity index (χ3n) is 3.72. The summed E-state index contributed by atoms with van der Waals surface area (Å²) in [6.07, 6.45) is 0.200. The van der Waals surface area contributed by atoms with Crippen molar-refractivity contribution in [1.82, 2.24) is 0 Å². The van der Waals surface area contributed by atoms with Crippen LogP contribution in [0.25, 0.3) is 0 Å². The highest BCUT2D eigenvalue weighted by molar-refractivity contribution is 7.92. The van der Waals surface area contributed by atoms with Gasteiger partial charge < -0.3 is 10.1 Å². The molecule has 0 aliphatic carbocycles. The summed E-state index contributed by atoms with van der Waals surface area (Å²) in [7, 11) is -3.52. The van der Waals surface area contributed by atoms with E-state index in [1.54, 1.807) is 36.4 Å². The van der Waals surface area contributed by atoms with Crippen molar-refractivity contribution < 1.29 is 17.9 Å². The first-order valence-electron chi connectivity index (χ1n) is 7.45. The van der Waals surface area contributed by atoms with Gasteiger partial charge in [-0.3, -0.25) is 9.10 Å². The van der Waals surface area contributed by atoms with Crippen molar-refractivity contribution in [2.75, 3.05) is 22.4 Å². The molecule has 2 aromatic carbocycles. The van der Waals surface area contributed by atoms with Crippen LogP contribution in [0.3, 0.4) is 0 Å². The van der Waals surface area contributed by atoms with E-state index in [1.807, 2.05) is 19.1 Å². The summed E-state index contributed by atoms with van der Waals surface area (Å²) in [5.41, 5.74) is 2.01. The van der Waals surface area contributed by atoms with Gasteiger partial charge in [-0.2, -0.15) is 0 Å². The zero-order valence-corrected chi connectivity index (χ0v) is 14.2. The number of benzene rings is 2. The van der Waals surface area contributed by atoms with Gasteiger partial charge in [0.25, 0.3) is 5.91 Å². The highest BCUT2D eigenvalue weighted by Gasteiger charge is 2.35. The van der Waals surface area contributed by atoms with Crippen LogP contribution in [0.4, 0.5) is 11.4 Å². The predicted octanol–water partition coefficient (Wildman–Crippen LogP) is 2.16. The topological polar surface area (TPSA) is 75.7 Å². The average Bonchev–Trinajstić information content (AvgIpc) is 2.53. The summed E-state index contributed by atoms with van der Waals surface area (Å²) in [5, 5.41) is 2.74. The van der Waals surface area contributed by atoms with Crippen LogP contribution in [-0.4, -0.2) is 33.2 Å². The predicted molar refractivity (Wildman–Crippen MR) is 92.9 cm³/mol. The molecule has 2 aromatic rings. The molecule has 7 heteroatoms. The van der Waals surface area contributed by atoms with Gasteiger partial charge in [-0.25, -0.2) is 8.42 Å². The fourth-order valence-electron chi connectivity index (χ4n) is 2.56. The Bertz CT molecular complexity index is 865. The molecule has 0 fully saturated rings. The molecule has 0 aromatic heterocycles. The molecule has 6 nitrogen and oxygen atoms in total. The highest BCUT2D eigenvalue weighted by Crippen LogP contribution is 2.35. The van der Waals surface area contributed by atoms with E-state index < -0.39 is 16.1 Å². The maximum Gasteiger partial charge on any atom is 0.267 e. The molecular weight excluding hydrogens is 328 g/mol. The number of nitrogens with zero attached hydrogens (tertiary/aromatic N) is 1. The van der Waals surface area contributed by atoms with Gasteiger partial charge >= 0.3 is 0 Å². The lowest BCUT2D eigenvalue weighted by Crippen LogP contribution is -2.48. The second-order valence-corrected chi connectivity index (χ2v) is 7.63. The van der Waals surface area contributed by atoms with E-state index in [1.165, 1.54) is 4.31 Å². The largest absolute Gasteiger partial charge is 0.476 e. The SMILES string of the molecule is Cc1ccc2c(c1)N(S(C)(=O)=O)C[C@H](C(=O)Nc1ccccc1)O2. The Kier molecular flexibility index (Phi) is 4.19. The Labute approximate surface area is 141 Å². The third-order valence-corrected chi connectivity index (χ3v) is 4.86. The number of rotatable bonds is 3. The van der Waals surface area contributed by atoms with Gasteiger partial charge in [0.2, 0.25) is 10.0 Å². The number of nitrogens with one attached hydrogen (secondary N) is 1. The summed E-state index contributed by atoms with van der Waals surface area (Å²) in [6, 6.07) is 14.2. The minimum atomic E-state index is -3.52. The van der Waals surface area contributed by atoms with Gasteiger partial charge in [-0.15, -0.1) is 0 Å². The molecule has 126 valence electrons. The number of fused-ring (bicyclic) bond motifs is 1. The van der Waals surface area contributed by atoms with E-state index in [0.717, 1.165) is 11.8 Å². The lowest BCUT2D eigenvalue weighted by Gasteiger charge is -2.34. The summed E-state index contributed by atoms with van der Waals surface area (Å²) in [4.78, 5) is 12.5. The van der Waals surface area contributed by atoms with Crippen LogP contribution in [0.15, 0.2) is 48.5 Å². The van der Waals surface area contributed by atoms with E-state index >= 15 is 0 Å². The Morgan fingerprint density at radius 1 is 1.21 bits per heavy atom. The standard InChI is InChI=1S/C17H18N2O4S/c1-12-8-9-15-14(10-12)19(24(2,21)22)11-16(23-15)17(20)18-13-6-4-3-5-7-13/h3-10,16H,11H2,1-2H3,(H,18,20)/t16-/m1/s1.